The number of ether oxygens (including phenoxy) is 1. The first-order valence-electron chi connectivity index (χ1n) is 11.0. The van der Waals surface area contributed by atoms with Gasteiger partial charge >= 0.3 is 0 Å². The minimum Gasteiger partial charge on any atom is -0.492 e. The lowest BCUT2D eigenvalue weighted by molar-refractivity contribution is 0.0741. The fourth-order valence-electron chi connectivity index (χ4n) is 3.88. The molecule has 0 atom stereocenters. The molecule has 2 aromatic carbocycles. The Morgan fingerprint density at radius 2 is 1.85 bits per heavy atom. The van der Waals surface area contributed by atoms with Crippen molar-refractivity contribution in [3.05, 3.63) is 47.7 Å². The van der Waals surface area contributed by atoms with Gasteiger partial charge in [-0.15, -0.1) is 0 Å². The molecule has 0 N–H and O–H groups in total. The van der Waals surface area contributed by atoms with Crippen molar-refractivity contribution in [1.82, 2.24) is 10.1 Å². The molecular formula is C24H29N3O5S. The Kier molecular flexibility index (Phi) is 6.34. The van der Waals surface area contributed by atoms with E-state index in [0.717, 1.165) is 28.6 Å². The number of carbonyl (C=O) groups excluding carboxylic acids is 1. The zero-order valence-electron chi connectivity index (χ0n) is 19.4. The molecule has 8 nitrogen and oxygen atoms in total. The fraction of sp³-hybridized carbons (Fsp3) is 0.417. The van der Waals surface area contributed by atoms with E-state index in [2.05, 4.69) is 10.1 Å². The third kappa shape index (κ3) is 4.98. The quantitative estimate of drug-likeness (QED) is 0.543. The molecule has 1 amide bonds. The van der Waals surface area contributed by atoms with Gasteiger partial charge in [0.1, 0.15) is 5.75 Å². The fourth-order valence-corrected chi connectivity index (χ4v) is 4.52. The van der Waals surface area contributed by atoms with E-state index in [-0.39, 0.29) is 22.3 Å². The van der Waals surface area contributed by atoms with Crippen molar-refractivity contribution in [1.29, 1.82) is 0 Å². The number of rotatable bonds is 6. The second kappa shape index (κ2) is 9.05. The minimum atomic E-state index is -3.45. The van der Waals surface area contributed by atoms with Crippen LogP contribution in [0.4, 0.5) is 5.69 Å². The molecule has 0 spiro atoms. The maximum absolute atomic E-state index is 13.4. The molecule has 1 fully saturated rings. The number of hydrogen-bond acceptors (Lipinski definition) is 7. The number of anilines is 1. The second-order valence-corrected chi connectivity index (χ2v) is 10.9. The number of aryl methyl sites for hydroxylation is 1. The maximum atomic E-state index is 13.4. The van der Waals surface area contributed by atoms with Crippen molar-refractivity contribution in [3.63, 3.8) is 0 Å². The number of nitrogens with zero attached hydrogens (tertiary/aromatic N) is 3. The summed E-state index contributed by atoms with van der Waals surface area (Å²) in [6.07, 6.45) is 1.14. The molecule has 4 rings (SSSR count). The highest BCUT2D eigenvalue weighted by molar-refractivity contribution is 7.90. The van der Waals surface area contributed by atoms with Crippen molar-refractivity contribution >= 4 is 32.4 Å². The molecule has 0 bridgehead atoms. The lowest BCUT2D eigenvalue weighted by Gasteiger charge is -2.36. The predicted octanol–water partition coefficient (Wildman–Crippen LogP) is 3.54. The van der Waals surface area contributed by atoms with Crippen LogP contribution >= 0.6 is 0 Å². The summed E-state index contributed by atoms with van der Waals surface area (Å²) in [6.45, 7) is 8.71. The summed E-state index contributed by atoms with van der Waals surface area (Å²) in [4.78, 5) is 17.4. The molecule has 0 radical (unpaired) electrons. The van der Waals surface area contributed by atoms with Crippen LogP contribution < -0.4 is 9.64 Å². The zero-order chi connectivity index (χ0) is 23.8. The highest BCUT2D eigenvalue weighted by Crippen LogP contribution is 2.28. The van der Waals surface area contributed by atoms with Crippen LogP contribution in [0.2, 0.25) is 0 Å². The highest BCUT2D eigenvalue weighted by Gasteiger charge is 2.26. The highest BCUT2D eigenvalue weighted by atomic mass is 32.2. The first-order valence-corrected chi connectivity index (χ1v) is 12.9. The number of sulfone groups is 1. The molecule has 2 heterocycles. The molecule has 176 valence electrons. The molecule has 3 aromatic rings. The van der Waals surface area contributed by atoms with E-state index >= 15 is 0 Å². The summed E-state index contributed by atoms with van der Waals surface area (Å²) in [7, 11) is -3.45. The van der Waals surface area contributed by atoms with Gasteiger partial charge in [0, 0.05) is 49.6 Å². The number of piperazine rings is 1. The Balaban J connectivity index is 1.52. The standard InChI is InChI=1S/C24H29N3O5S/c1-16(2)15-31-22-8-6-19(33(4,29)30)14-21(22)24(28)27-11-9-26(10-12-27)18-5-7-20-17(3)25-32-23(20)13-18/h5-8,13-14,16H,9-12,15H2,1-4H3. The number of hydrogen-bond donors (Lipinski definition) is 0. The van der Waals surface area contributed by atoms with Gasteiger partial charge in [-0.05, 0) is 43.2 Å². The number of amides is 1. The Morgan fingerprint density at radius 3 is 2.52 bits per heavy atom. The van der Waals surface area contributed by atoms with Crippen LogP contribution in [0.25, 0.3) is 11.0 Å². The van der Waals surface area contributed by atoms with Gasteiger partial charge in [-0.2, -0.15) is 0 Å². The molecular weight excluding hydrogens is 442 g/mol. The lowest BCUT2D eigenvalue weighted by atomic mass is 10.1. The summed E-state index contributed by atoms with van der Waals surface area (Å²) in [5.41, 5.74) is 2.91. The third-order valence-corrected chi connectivity index (χ3v) is 6.86. The van der Waals surface area contributed by atoms with Crippen LogP contribution in [-0.4, -0.2) is 63.4 Å². The molecule has 1 aliphatic heterocycles. The first-order chi connectivity index (χ1) is 15.6. The molecule has 1 aromatic heterocycles. The monoisotopic (exact) mass is 471 g/mol. The van der Waals surface area contributed by atoms with Gasteiger partial charge in [-0.25, -0.2) is 8.42 Å². The third-order valence-electron chi connectivity index (χ3n) is 5.75. The van der Waals surface area contributed by atoms with Crippen molar-refractivity contribution in [2.24, 2.45) is 5.92 Å². The van der Waals surface area contributed by atoms with E-state index in [1.54, 1.807) is 11.0 Å². The number of benzene rings is 2. The Hall–Kier alpha value is -3.07. The van der Waals surface area contributed by atoms with Crippen LogP contribution in [0.5, 0.6) is 5.75 Å². The van der Waals surface area contributed by atoms with Crippen LogP contribution in [0.15, 0.2) is 45.8 Å². The SMILES string of the molecule is Cc1noc2cc(N3CCN(C(=O)c4cc(S(C)(=O)=O)ccc4OCC(C)C)CC3)ccc12. The Labute approximate surface area is 194 Å². The second-order valence-electron chi connectivity index (χ2n) is 8.86. The van der Waals surface area contributed by atoms with E-state index in [4.69, 9.17) is 9.26 Å². The summed E-state index contributed by atoms with van der Waals surface area (Å²) >= 11 is 0. The van der Waals surface area contributed by atoms with E-state index in [1.807, 2.05) is 39.0 Å². The Bertz CT molecular complexity index is 1270. The molecule has 33 heavy (non-hydrogen) atoms. The number of carbonyl (C=O) groups is 1. The van der Waals surface area contributed by atoms with E-state index in [1.165, 1.54) is 12.1 Å². The zero-order valence-corrected chi connectivity index (χ0v) is 20.2. The van der Waals surface area contributed by atoms with Gasteiger partial charge in [0.2, 0.25) is 0 Å². The van der Waals surface area contributed by atoms with Crippen molar-refractivity contribution in [2.75, 3.05) is 43.9 Å². The smallest absolute Gasteiger partial charge is 0.257 e. The van der Waals surface area contributed by atoms with Crippen LogP contribution in [0.1, 0.15) is 29.9 Å². The van der Waals surface area contributed by atoms with Crippen LogP contribution in [-0.2, 0) is 9.84 Å². The molecule has 1 saturated heterocycles. The topological polar surface area (TPSA) is 93.0 Å². The van der Waals surface area contributed by atoms with Crippen LogP contribution in [0, 0.1) is 12.8 Å². The largest absolute Gasteiger partial charge is 0.492 e. The Morgan fingerprint density at radius 1 is 1.12 bits per heavy atom. The van der Waals surface area contributed by atoms with Crippen molar-refractivity contribution in [2.45, 2.75) is 25.7 Å². The van der Waals surface area contributed by atoms with Gasteiger partial charge in [0.15, 0.2) is 15.4 Å². The molecule has 1 aliphatic rings. The maximum Gasteiger partial charge on any atom is 0.257 e. The van der Waals surface area contributed by atoms with E-state index in [9.17, 15) is 13.2 Å². The minimum absolute atomic E-state index is 0.108. The normalized spacial score (nSPS) is 14.8. The number of fused-ring (bicyclic) bond motifs is 1. The van der Waals surface area contributed by atoms with E-state index < -0.39 is 9.84 Å². The molecule has 0 saturated carbocycles. The molecule has 0 aliphatic carbocycles. The van der Waals surface area contributed by atoms with Gasteiger partial charge in [0.25, 0.3) is 5.91 Å². The molecule has 9 heteroatoms. The lowest BCUT2D eigenvalue weighted by Crippen LogP contribution is -2.48. The van der Waals surface area contributed by atoms with Crippen molar-refractivity contribution < 1.29 is 22.5 Å². The average Bonchev–Trinajstić information content (AvgIpc) is 3.16. The average molecular weight is 472 g/mol. The summed E-state index contributed by atoms with van der Waals surface area (Å²) in [6, 6.07) is 10.5. The summed E-state index contributed by atoms with van der Waals surface area (Å²) in [5, 5.41) is 5.00. The van der Waals surface area contributed by atoms with Gasteiger partial charge in [-0.3, -0.25) is 4.79 Å². The van der Waals surface area contributed by atoms with E-state index in [0.29, 0.717) is 38.5 Å². The predicted molar refractivity (Wildman–Crippen MR) is 127 cm³/mol. The first kappa shape index (κ1) is 23.1. The summed E-state index contributed by atoms with van der Waals surface area (Å²) in [5.74, 6) is 0.464. The molecule has 0 unspecified atom stereocenters. The van der Waals surface area contributed by atoms with Crippen LogP contribution in [0.3, 0.4) is 0 Å². The van der Waals surface area contributed by atoms with Gasteiger partial charge < -0.3 is 19.1 Å². The number of aromatic nitrogens is 1. The van der Waals surface area contributed by atoms with Gasteiger partial charge in [-0.1, -0.05) is 19.0 Å². The van der Waals surface area contributed by atoms with Gasteiger partial charge in [0.05, 0.1) is 22.8 Å². The van der Waals surface area contributed by atoms with Crippen molar-refractivity contribution in [3.8, 4) is 5.75 Å². The summed E-state index contributed by atoms with van der Waals surface area (Å²) < 4.78 is 35.4.